The maximum atomic E-state index is 10.2. The molecule has 0 spiro atoms. The molecule has 4 nitrogen and oxygen atoms in total. The summed E-state index contributed by atoms with van der Waals surface area (Å²) < 4.78 is 0. The van der Waals surface area contributed by atoms with Gasteiger partial charge in [0.05, 0.1) is 0 Å². The molecule has 0 saturated carbocycles. The first-order valence-electron chi connectivity index (χ1n) is 3.93. The third-order valence-corrected chi connectivity index (χ3v) is 1.77. The molecule has 0 saturated heterocycles. The number of aryl methyl sites for hydroxylation is 1. The molecule has 1 aromatic rings. The molecular weight excluding hydrogens is 191 g/mol. The van der Waals surface area contributed by atoms with Gasteiger partial charge in [0.1, 0.15) is 0 Å². The zero-order chi connectivity index (χ0) is 9.84. The maximum absolute atomic E-state index is 10.2. The van der Waals surface area contributed by atoms with E-state index in [4.69, 9.17) is 11.5 Å². The normalized spacial score (nSPS) is 9.14. The Kier molecular flexibility index (Phi) is 5.60. The summed E-state index contributed by atoms with van der Waals surface area (Å²) in [6.07, 6.45) is 0.364. The summed E-state index contributed by atoms with van der Waals surface area (Å²) in [6.45, 7) is 0. The van der Waals surface area contributed by atoms with Gasteiger partial charge in [0.25, 0.3) is 0 Å². The molecule has 0 radical (unpaired) electrons. The number of aliphatic carboxylic acids is 1. The van der Waals surface area contributed by atoms with E-state index in [1.807, 2.05) is 0 Å². The maximum Gasteiger partial charge on any atom is 1.00 e. The molecule has 0 amide bonds. The van der Waals surface area contributed by atoms with Crippen LogP contribution in [0.1, 0.15) is 12.0 Å². The van der Waals surface area contributed by atoms with Gasteiger partial charge in [-0.25, -0.2) is 0 Å². The van der Waals surface area contributed by atoms with E-state index in [9.17, 15) is 9.90 Å². The van der Waals surface area contributed by atoms with Crippen molar-refractivity contribution in [3.8, 4) is 0 Å². The fourth-order valence-corrected chi connectivity index (χ4v) is 1.08. The van der Waals surface area contributed by atoms with Gasteiger partial charge in [0, 0.05) is 17.3 Å². The van der Waals surface area contributed by atoms with Crippen LogP contribution in [-0.4, -0.2) is 5.97 Å². The molecule has 0 fully saturated rings. The number of nitrogen functional groups attached to an aromatic ring is 2. The van der Waals surface area contributed by atoms with Crippen LogP contribution in [0.4, 0.5) is 11.4 Å². The van der Waals surface area contributed by atoms with Crippen molar-refractivity contribution in [2.24, 2.45) is 0 Å². The van der Waals surface area contributed by atoms with E-state index < -0.39 is 5.97 Å². The van der Waals surface area contributed by atoms with Crippen LogP contribution in [0.3, 0.4) is 0 Å². The Hall–Kier alpha value is -0.710. The summed E-state index contributed by atoms with van der Waals surface area (Å²) in [5.41, 5.74) is 13.0. The van der Waals surface area contributed by atoms with Gasteiger partial charge in [-0.1, -0.05) is 6.07 Å². The van der Waals surface area contributed by atoms with Gasteiger partial charge in [0.2, 0.25) is 0 Å². The number of carboxylic acids is 1. The summed E-state index contributed by atoms with van der Waals surface area (Å²) in [4.78, 5) is 10.2. The van der Waals surface area contributed by atoms with Crippen LogP contribution in [0, 0.1) is 0 Å². The quantitative estimate of drug-likeness (QED) is 0.393. The predicted molar refractivity (Wildman–Crippen MR) is 48.6 cm³/mol. The zero-order valence-electron chi connectivity index (χ0n) is 8.12. The van der Waals surface area contributed by atoms with Gasteiger partial charge >= 0.3 is 29.6 Å². The number of nitrogens with two attached hydrogens (primary N) is 2. The average molecular weight is 202 g/mol. The molecule has 0 atom stereocenters. The minimum atomic E-state index is -1.07. The molecule has 0 heterocycles. The van der Waals surface area contributed by atoms with Gasteiger partial charge in [-0.2, -0.15) is 0 Å². The molecule has 1 rings (SSSR count). The third-order valence-electron chi connectivity index (χ3n) is 1.77. The molecular formula is C9H11N2NaO2. The van der Waals surface area contributed by atoms with Crippen molar-refractivity contribution in [2.45, 2.75) is 12.8 Å². The first-order valence-corrected chi connectivity index (χ1v) is 3.93. The van der Waals surface area contributed by atoms with Gasteiger partial charge in [-0.3, -0.25) is 0 Å². The Bertz CT molecular complexity index is 329. The number of benzene rings is 1. The molecule has 4 N–H and O–H groups in total. The fraction of sp³-hybridized carbons (Fsp3) is 0.222. The minimum Gasteiger partial charge on any atom is -0.550 e. The fourth-order valence-electron chi connectivity index (χ4n) is 1.08. The number of anilines is 2. The second-order valence-corrected chi connectivity index (χ2v) is 2.83. The van der Waals surface area contributed by atoms with E-state index >= 15 is 0 Å². The third kappa shape index (κ3) is 4.00. The average Bonchev–Trinajstić information content (AvgIpc) is 2.02. The van der Waals surface area contributed by atoms with Crippen molar-refractivity contribution in [1.82, 2.24) is 0 Å². The Labute approximate surface area is 105 Å². The van der Waals surface area contributed by atoms with Crippen molar-refractivity contribution in [1.29, 1.82) is 0 Å². The first-order chi connectivity index (χ1) is 6.09. The number of rotatable bonds is 3. The van der Waals surface area contributed by atoms with Crippen LogP contribution in [0.15, 0.2) is 18.2 Å². The predicted octanol–water partition coefficient (Wildman–Crippen LogP) is -3.46. The van der Waals surface area contributed by atoms with Gasteiger partial charge in [-0.15, -0.1) is 0 Å². The number of hydrogen-bond acceptors (Lipinski definition) is 4. The van der Waals surface area contributed by atoms with E-state index in [-0.39, 0.29) is 36.0 Å². The molecule has 0 bridgehead atoms. The van der Waals surface area contributed by atoms with Crippen molar-refractivity contribution < 1.29 is 39.5 Å². The molecule has 5 heteroatoms. The van der Waals surface area contributed by atoms with E-state index in [1.165, 1.54) is 0 Å². The number of carboxylic acid groups (broad SMARTS) is 1. The molecule has 0 aliphatic carbocycles. The van der Waals surface area contributed by atoms with Crippen molar-refractivity contribution in [3.63, 3.8) is 0 Å². The van der Waals surface area contributed by atoms with Gasteiger partial charge in [-0.05, 0) is 30.5 Å². The molecule has 0 aliphatic rings. The SMILES string of the molecule is Nc1ccc(CCC(=O)[O-])c(N)c1.[Na+]. The summed E-state index contributed by atoms with van der Waals surface area (Å²) in [6, 6.07) is 5.04. The van der Waals surface area contributed by atoms with Gasteiger partial charge in [0.15, 0.2) is 0 Å². The van der Waals surface area contributed by atoms with Crippen LogP contribution in [0.2, 0.25) is 0 Å². The number of carbonyl (C=O) groups is 1. The summed E-state index contributed by atoms with van der Waals surface area (Å²) >= 11 is 0. The Morgan fingerprint density at radius 2 is 2.00 bits per heavy atom. The van der Waals surface area contributed by atoms with E-state index in [2.05, 4.69) is 0 Å². The van der Waals surface area contributed by atoms with E-state index in [1.54, 1.807) is 18.2 Å². The van der Waals surface area contributed by atoms with Crippen molar-refractivity contribution in [2.75, 3.05) is 11.5 Å². The molecule has 14 heavy (non-hydrogen) atoms. The minimum absolute atomic E-state index is 0. The smallest absolute Gasteiger partial charge is 0.550 e. The first kappa shape index (κ1) is 13.3. The largest absolute Gasteiger partial charge is 1.00 e. The number of carbonyl (C=O) groups excluding carboxylic acids is 1. The summed E-state index contributed by atoms with van der Waals surface area (Å²) in [5.74, 6) is -1.07. The van der Waals surface area contributed by atoms with Crippen LogP contribution in [-0.2, 0) is 11.2 Å². The monoisotopic (exact) mass is 202 g/mol. The van der Waals surface area contributed by atoms with Crippen LogP contribution in [0.5, 0.6) is 0 Å². The summed E-state index contributed by atoms with van der Waals surface area (Å²) in [5, 5.41) is 10.2. The standard InChI is InChI=1S/C9H12N2O2.Na/c10-7-3-1-6(8(11)5-7)2-4-9(12)13;/h1,3,5H,2,4,10-11H2,(H,12,13);/q;+1/p-1. The number of hydrogen-bond donors (Lipinski definition) is 2. The van der Waals surface area contributed by atoms with E-state index in [0.29, 0.717) is 17.8 Å². The van der Waals surface area contributed by atoms with Crippen molar-refractivity contribution >= 4 is 17.3 Å². The molecule has 70 valence electrons. The van der Waals surface area contributed by atoms with Crippen LogP contribution in [0.25, 0.3) is 0 Å². The summed E-state index contributed by atoms with van der Waals surface area (Å²) in [7, 11) is 0. The molecule has 0 unspecified atom stereocenters. The Morgan fingerprint density at radius 3 is 2.50 bits per heavy atom. The van der Waals surface area contributed by atoms with Gasteiger partial charge < -0.3 is 21.4 Å². The van der Waals surface area contributed by atoms with Crippen LogP contribution < -0.4 is 46.1 Å². The van der Waals surface area contributed by atoms with E-state index in [0.717, 1.165) is 5.56 Å². The Balaban J connectivity index is 0.00000169. The second kappa shape index (κ2) is 5.90. The van der Waals surface area contributed by atoms with Crippen LogP contribution >= 0.6 is 0 Å². The second-order valence-electron chi connectivity index (χ2n) is 2.83. The topological polar surface area (TPSA) is 92.2 Å². The van der Waals surface area contributed by atoms with Crippen molar-refractivity contribution in [3.05, 3.63) is 23.8 Å². The Morgan fingerprint density at radius 1 is 1.36 bits per heavy atom. The molecule has 1 aromatic carbocycles. The molecule has 0 aromatic heterocycles. The zero-order valence-corrected chi connectivity index (χ0v) is 10.1. The molecule has 0 aliphatic heterocycles.